The molecule has 0 bridgehead atoms. The molecule has 0 aromatic heterocycles. The summed E-state index contributed by atoms with van der Waals surface area (Å²) in [5.74, 6) is 1.78. The van der Waals surface area contributed by atoms with Gasteiger partial charge in [-0.1, -0.05) is 32.6 Å². The van der Waals surface area contributed by atoms with Crippen molar-refractivity contribution in [3.8, 4) is 0 Å². The predicted molar refractivity (Wildman–Crippen MR) is 81.1 cm³/mol. The molecule has 2 saturated carbocycles. The molecule has 0 spiro atoms. The lowest BCUT2D eigenvalue weighted by Gasteiger charge is -2.57. The van der Waals surface area contributed by atoms with Crippen LogP contribution in [0.2, 0.25) is 0 Å². The summed E-state index contributed by atoms with van der Waals surface area (Å²) in [6.07, 6.45) is 14.3. The van der Waals surface area contributed by atoms with Gasteiger partial charge < -0.3 is 5.73 Å². The van der Waals surface area contributed by atoms with Crippen molar-refractivity contribution in [3.05, 3.63) is 0 Å². The Balaban J connectivity index is 1.84. The molecule has 2 heteroatoms. The van der Waals surface area contributed by atoms with E-state index in [2.05, 4.69) is 11.8 Å². The molecular weight excluding hydrogens is 232 g/mol. The van der Waals surface area contributed by atoms with Crippen molar-refractivity contribution in [2.45, 2.75) is 82.7 Å². The summed E-state index contributed by atoms with van der Waals surface area (Å²) in [5.41, 5.74) is 6.69. The Bertz CT molecular complexity index is 302. The van der Waals surface area contributed by atoms with Crippen LogP contribution in [0.5, 0.6) is 0 Å². The summed E-state index contributed by atoms with van der Waals surface area (Å²) in [4.78, 5) is 2.92. The Labute approximate surface area is 119 Å². The number of hydrogen-bond acceptors (Lipinski definition) is 2. The van der Waals surface area contributed by atoms with Gasteiger partial charge in [-0.05, 0) is 56.9 Å². The molecule has 19 heavy (non-hydrogen) atoms. The molecule has 2 aliphatic carbocycles. The quantitative estimate of drug-likeness (QED) is 0.826. The number of nitrogens with zero attached hydrogens (tertiary/aromatic N) is 1. The van der Waals surface area contributed by atoms with E-state index >= 15 is 0 Å². The van der Waals surface area contributed by atoms with Crippen LogP contribution in [0.1, 0.15) is 71.1 Å². The highest BCUT2D eigenvalue weighted by molar-refractivity contribution is 5.03. The van der Waals surface area contributed by atoms with Crippen LogP contribution in [0.3, 0.4) is 0 Å². The van der Waals surface area contributed by atoms with Crippen LogP contribution >= 0.6 is 0 Å². The van der Waals surface area contributed by atoms with Crippen LogP contribution in [0.15, 0.2) is 0 Å². The zero-order valence-corrected chi connectivity index (χ0v) is 12.7. The molecule has 2 nitrogen and oxygen atoms in total. The Hall–Kier alpha value is -0.0800. The summed E-state index contributed by atoms with van der Waals surface area (Å²) >= 11 is 0. The number of rotatable bonds is 2. The van der Waals surface area contributed by atoms with Gasteiger partial charge in [0.25, 0.3) is 0 Å². The second-order valence-corrected chi connectivity index (χ2v) is 7.40. The molecule has 0 aromatic rings. The summed E-state index contributed by atoms with van der Waals surface area (Å²) in [6, 6.07) is 0.867. The van der Waals surface area contributed by atoms with Gasteiger partial charge in [0.1, 0.15) is 0 Å². The highest BCUT2D eigenvalue weighted by Crippen LogP contribution is 2.45. The minimum atomic E-state index is 0.346. The minimum Gasteiger partial charge on any atom is -0.329 e. The molecule has 4 atom stereocenters. The number of fused-ring (bicyclic) bond motifs is 1. The van der Waals surface area contributed by atoms with Crippen molar-refractivity contribution in [2.75, 3.05) is 13.1 Å². The second-order valence-electron chi connectivity index (χ2n) is 7.40. The topological polar surface area (TPSA) is 29.3 Å². The van der Waals surface area contributed by atoms with E-state index in [0.29, 0.717) is 5.54 Å². The molecule has 1 aliphatic heterocycles. The SMILES string of the molecule is CC1CCCCC1(CN)N1CCCC2CCCCC21. The first-order valence-corrected chi connectivity index (χ1v) is 8.75. The van der Waals surface area contributed by atoms with Crippen LogP contribution in [-0.2, 0) is 0 Å². The third-order valence-electron chi connectivity index (χ3n) is 6.58. The van der Waals surface area contributed by atoms with Crippen molar-refractivity contribution in [3.63, 3.8) is 0 Å². The maximum absolute atomic E-state index is 6.34. The van der Waals surface area contributed by atoms with Crippen molar-refractivity contribution in [2.24, 2.45) is 17.6 Å². The largest absolute Gasteiger partial charge is 0.329 e. The van der Waals surface area contributed by atoms with Gasteiger partial charge in [-0.2, -0.15) is 0 Å². The van der Waals surface area contributed by atoms with Crippen molar-refractivity contribution < 1.29 is 0 Å². The highest BCUT2D eigenvalue weighted by atomic mass is 15.3. The summed E-state index contributed by atoms with van der Waals surface area (Å²) in [7, 11) is 0. The van der Waals surface area contributed by atoms with E-state index in [0.717, 1.165) is 24.4 Å². The molecule has 2 N–H and O–H groups in total. The Morgan fingerprint density at radius 3 is 2.53 bits per heavy atom. The molecule has 3 fully saturated rings. The average molecular weight is 264 g/mol. The van der Waals surface area contributed by atoms with Gasteiger partial charge >= 0.3 is 0 Å². The van der Waals surface area contributed by atoms with E-state index in [4.69, 9.17) is 5.73 Å². The average Bonchev–Trinajstić information content (AvgIpc) is 2.48. The molecule has 4 unspecified atom stereocenters. The van der Waals surface area contributed by atoms with E-state index in [1.807, 2.05) is 0 Å². The van der Waals surface area contributed by atoms with Gasteiger partial charge in [0, 0.05) is 18.1 Å². The summed E-state index contributed by atoms with van der Waals surface area (Å²) in [6.45, 7) is 4.68. The van der Waals surface area contributed by atoms with E-state index in [1.54, 1.807) is 0 Å². The molecule has 1 saturated heterocycles. The van der Waals surface area contributed by atoms with Gasteiger partial charge in [-0.3, -0.25) is 4.90 Å². The zero-order valence-electron chi connectivity index (χ0n) is 12.7. The minimum absolute atomic E-state index is 0.346. The maximum Gasteiger partial charge on any atom is 0.0360 e. The Kier molecular flexibility index (Phi) is 4.19. The van der Waals surface area contributed by atoms with E-state index in [-0.39, 0.29) is 0 Å². The number of nitrogens with two attached hydrogens (primary N) is 1. The van der Waals surface area contributed by atoms with E-state index in [9.17, 15) is 0 Å². The molecular formula is C17H32N2. The van der Waals surface area contributed by atoms with Gasteiger partial charge in [-0.25, -0.2) is 0 Å². The van der Waals surface area contributed by atoms with Gasteiger partial charge in [-0.15, -0.1) is 0 Å². The fraction of sp³-hybridized carbons (Fsp3) is 1.00. The second kappa shape index (κ2) is 5.73. The molecule has 0 aromatic carbocycles. The van der Waals surface area contributed by atoms with E-state index in [1.165, 1.54) is 70.8 Å². The lowest BCUT2D eigenvalue weighted by molar-refractivity contribution is -0.0675. The maximum atomic E-state index is 6.34. The van der Waals surface area contributed by atoms with Crippen molar-refractivity contribution >= 4 is 0 Å². The number of likely N-dealkylation sites (tertiary alicyclic amines) is 1. The fourth-order valence-corrected chi connectivity index (χ4v) is 5.42. The van der Waals surface area contributed by atoms with Gasteiger partial charge in [0.2, 0.25) is 0 Å². The zero-order chi connectivity index (χ0) is 13.3. The Morgan fingerprint density at radius 1 is 1.00 bits per heavy atom. The van der Waals surface area contributed by atoms with Crippen LogP contribution in [0.25, 0.3) is 0 Å². The van der Waals surface area contributed by atoms with Gasteiger partial charge in [0.15, 0.2) is 0 Å². The first-order chi connectivity index (χ1) is 9.28. The Morgan fingerprint density at radius 2 is 1.74 bits per heavy atom. The van der Waals surface area contributed by atoms with Crippen molar-refractivity contribution in [1.82, 2.24) is 4.90 Å². The lowest BCUT2D eigenvalue weighted by atomic mass is 9.68. The first kappa shape index (κ1) is 13.9. The molecule has 110 valence electrons. The third kappa shape index (κ3) is 2.35. The molecule has 3 rings (SSSR count). The monoisotopic (exact) mass is 264 g/mol. The highest BCUT2D eigenvalue weighted by Gasteiger charge is 2.47. The number of piperidine rings is 1. The first-order valence-electron chi connectivity index (χ1n) is 8.75. The normalized spacial score (nSPS) is 44.8. The fourth-order valence-electron chi connectivity index (χ4n) is 5.42. The van der Waals surface area contributed by atoms with Crippen LogP contribution in [-0.4, -0.2) is 29.6 Å². The molecule has 0 amide bonds. The van der Waals surface area contributed by atoms with Crippen LogP contribution in [0.4, 0.5) is 0 Å². The van der Waals surface area contributed by atoms with Crippen LogP contribution in [0, 0.1) is 11.8 Å². The standard InChI is InChI=1S/C17H32N2/c1-14-7-4-5-11-17(14,13-18)19-12-6-9-15-8-2-3-10-16(15)19/h14-16H,2-13,18H2,1H3. The third-order valence-corrected chi connectivity index (χ3v) is 6.58. The van der Waals surface area contributed by atoms with Crippen LogP contribution < -0.4 is 5.73 Å². The van der Waals surface area contributed by atoms with Crippen molar-refractivity contribution in [1.29, 1.82) is 0 Å². The van der Waals surface area contributed by atoms with E-state index < -0.39 is 0 Å². The molecule has 0 radical (unpaired) electrons. The molecule has 1 heterocycles. The molecule has 3 aliphatic rings. The smallest absolute Gasteiger partial charge is 0.0360 e. The summed E-state index contributed by atoms with van der Waals surface area (Å²) in [5, 5.41) is 0. The lowest BCUT2D eigenvalue weighted by Crippen LogP contribution is -2.65. The predicted octanol–water partition coefficient (Wildman–Crippen LogP) is 3.55. The number of hydrogen-bond donors (Lipinski definition) is 1. The summed E-state index contributed by atoms with van der Waals surface area (Å²) < 4.78 is 0. The van der Waals surface area contributed by atoms with Gasteiger partial charge in [0.05, 0.1) is 0 Å².